The zero-order valence-corrected chi connectivity index (χ0v) is 18.9. The molecule has 9 nitrogen and oxygen atoms in total. The zero-order valence-electron chi connectivity index (χ0n) is 18.9. The van der Waals surface area contributed by atoms with Gasteiger partial charge >= 0.3 is 5.69 Å². The van der Waals surface area contributed by atoms with E-state index in [9.17, 15) is 10.1 Å². The van der Waals surface area contributed by atoms with E-state index in [1.54, 1.807) is 12.1 Å². The highest BCUT2D eigenvalue weighted by Crippen LogP contribution is 2.28. The number of pyridine rings is 1. The van der Waals surface area contributed by atoms with E-state index >= 15 is 0 Å². The highest BCUT2D eigenvalue weighted by Gasteiger charge is 2.23. The van der Waals surface area contributed by atoms with Gasteiger partial charge in [-0.3, -0.25) is 15.0 Å². The molecular weight excluding hydrogens is 408 g/mol. The number of hydrogen-bond donors (Lipinski definition) is 1. The first-order chi connectivity index (χ1) is 15.5. The molecule has 2 fully saturated rings. The Hall–Kier alpha value is -2.91. The Kier molecular flexibility index (Phi) is 7.06. The molecule has 0 radical (unpaired) electrons. The van der Waals surface area contributed by atoms with Crippen LogP contribution in [0.1, 0.15) is 11.1 Å². The largest absolute Gasteiger partial charge is 0.379 e. The monoisotopic (exact) mass is 440 g/mol. The number of nitro groups is 1. The van der Waals surface area contributed by atoms with Crippen LogP contribution in [-0.2, 0) is 4.74 Å². The number of aryl methyl sites for hydroxylation is 1. The first-order valence-corrected chi connectivity index (χ1v) is 11.3. The lowest BCUT2D eigenvalue weighted by molar-refractivity contribution is -0.384. The lowest BCUT2D eigenvalue weighted by Crippen LogP contribution is -2.47. The van der Waals surface area contributed by atoms with Gasteiger partial charge in [0.2, 0.25) is 5.82 Å². The van der Waals surface area contributed by atoms with Crippen LogP contribution in [0.2, 0.25) is 0 Å². The number of benzene rings is 1. The second-order valence-corrected chi connectivity index (χ2v) is 8.37. The minimum Gasteiger partial charge on any atom is -0.379 e. The molecule has 0 unspecified atom stereocenters. The van der Waals surface area contributed by atoms with Crippen molar-refractivity contribution in [1.82, 2.24) is 9.88 Å². The number of ether oxygens (including phenoxy) is 1. The molecule has 1 N–H and O–H groups in total. The summed E-state index contributed by atoms with van der Waals surface area (Å²) in [7, 11) is 0. The van der Waals surface area contributed by atoms with Crippen molar-refractivity contribution in [2.75, 3.05) is 80.7 Å². The highest BCUT2D eigenvalue weighted by atomic mass is 16.6. The van der Waals surface area contributed by atoms with Gasteiger partial charge in [0.1, 0.15) is 5.82 Å². The summed E-state index contributed by atoms with van der Waals surface area (Å²) in [6, 6.07) is 9.76. The van der Waals surface area contributed by atoms with Crippen LogP contribution in [0.25, 0.3) is 0 Å². The molecule has 1 aromatic carbocycles. The standard InChI is InChI=1S/C23H32N6O3/c1-18-4-3-5-20(19(18)2)27-10-12-28(13-11-27)22-7-6-21(29(30)31)23(25-22)24-8-9-26-14-16-32-17-15-26/h3-7H,8-17H2,1-2H3,(H,24,25). The third-order valence-corrected chi connectivity index (χ3v) is 6.40. The minimum absolute atomic E-state index is 0.0183. The Morgan fingerprint density at radius 2 is 1.75 bits per heavy atom. The molecule has 3 heterocycles. The summed E-state index contributed by atoms with van der Waals surface area (Å²) in [6.45, 7) is 12.4. The van der Waals surface area contributed by atoms with Crippen LogP contribution < -0.4 is 15.1 Å². The molecule has 0 saturated carbocycles. The van der Waals surface area contributed by atoms with E-state index in [0.29, 0.717) is 12.4 Å². The number of hydrogen-bond acceptors (Lipinski definition) is 8. The van der Waals surface area contributed by atoms with E-state index in [4.69, 9.17) is 4.74 Å². The van der Waals surface area contributed by atoms with Crippen molar-refractivity contribution >= 4 is 23.0 Å². The Morgan fingerprint density at radius 3 is 2.47 bits per heavy atom. The van der Waals surface area contributed by atoms with Crippen LogP contribution in [0.15, 0.2) is 30.3 Å². The maximum atomic E-state index is 11.5. The molecule has 1 aromatic heterocycles. The molecule has 0 amide bonds. The fourth-order valence-corrected chi connectivity index (χ4v) is 4.31. The number of aromatic nitrogens is 1. The predicted octanol–water partition coefficient (Wildman–Crippen LogP) is 2.68. The molecular formula is C23H32N6O3. The van der Waals surface area contributed by atoms with Crippen LogP contribution in [0.5, 0.6) is 0 Å². The average Bonchev–Trinajstić information content (AvgIpc) is 2.81. The van der Waals surface area contributed by atoms with Gasteiger partial charge in [-0.15, -0.1) is 0 Å². The maximum absolute atomic E-state index is 11.5. The number of morpholine rings is 1. The Balaban J connectivity index is 1.40. The van der Waals surface area contributed by atoms with Crippen LogP contribution in [0.4, 0.5) is 23.0 Å². The summed E-state index contributed by atoms with van der Waals surface area (Å²) in [5.41, 5.74) is 3.92. The molecule has 2 aliphatic rings. The van der Waals surface area contributed by atoms with Crippen molar-refractivity contribution in [3.05, 3.63) is 51.6 Å². The third-order valence-electron chi connectivity index (χ3n) is 6.40. The van der Waals surface area contributed by atoms with E-state index in [-0.39, 0.29) is 10.6 Å². The Labute approximate surface area is 189 Å². The van der Waals surface area contributed by atoms with Crippen molar-refractivity contribution in [2.24, 2.45) is 0 Å². The molecule has 2 aromatic rings. The topological polar surface area (TPSA) is 87.0 Å². The lowest BCUT2D eigenvalue weighted by atomic mass is 10.1. The number of nitrogens with one attached hydrogen (secondary N) is 1. The van der Waals surface area contributed by atoms with E-state index in [0.717, 1.165) is 64.8 Å². The molecule has 0 spiro atoms. The summed E-state index contributed by atoms with van der Waals surface area (Å²) in [5.74, 6) is 1.13. The van der Waals surface area contributed by atoms with Crippen molar-refractivity contribution in [3.63, 3.8) is 0 Å². The molecule has 0 aliphatic carbocycles. The van der Waals surface area contributed by atoms with Gasteiger partial charge in [0.05, 0.1) is 18.1 Å². The first-order valence-electron chi connectivity index (χ1n) is 11.3. The Morgan fingerprint density at radius 1 is 1.03 bits per heavy atom. The van der Waals surface area contributed by atoms with E-state index in [1.807, 2.05) is 0 Å². The molecule has 4 rings (SSSR count). The predicted molar refractivity (Wildman–Crippen MR) is 127 cm³/mol. The van der Waals surface area contributed by atoms with Crippen molar-refractivity contribution < 1.29 is 9.66 Å². The second-order valence-electron chi connectivity index (χ2n) is 8.37. The van der Waals surface area contributed by atoms with Gasteiger partial charge in [-0.2, -0.15) is 0 Å². The van der Waals surface area contributed by atoms with Crippen LogP contribution >= 0.6 is 0 Å². The zero-order chi connectivity index (χ0) is 22.5. The summed E-state index contributed by atoms with van der Waals surface area (Å²) in [6.07, 6.45) is 0. The molecule has 32 heavy (non-hydrogen) atoms. The fourth-order valence-electron chi connectivity index (χ4n) is 4.31. The van der Waals surface area contributed by atoms with Crippen molar-refractivity contribution in [3.8, 4) is 0 Å². The molecule has 9 heteroatoms. The van der Waals surface area contributed by atoms with Crippen LogP contribution in [0, 0.1) is 24.0 Å². The van der Waals surface area contributed by atoms with Crippen molar-refractivity contribution in [1.29, 1.82) is 0 Å². The summed E-state index contributed by atoms with van der Waals surface area (Å²) < 4.78 is 5.37. The molecule has 2 saturated heterocycles. The van der Waals surface area contributed by atoms with E-state index < -0.39 is 0 Å². The number of rotatable bonds is 7. The third kappa shape index (κ3) is 5.11. The summed E-state index contributed by atoms with van der Waals surface area (Å²) in [5, 5.41) is 14.7. The first kappa shape index (κ1) is 22.3. The van der Waals surface area contributed by atoms with E-state index in [1.165, 1.54) is 16.8 Å². The van der Waals surface area contributed by atoms with Crippen LogP contribution in [-0.4, -0.2) is 80.4 Å². The van der Waals surface area contributed by atoms with Crippen LogP contribution in [0.3, 0.4) is 0 Å². The molecule has 2 aliphatic heterocycles. The second kappa shape index (κ2) is 10.1. The van der Waals surface area contributed by atoms with Crippen molar-refractivity contribution in [2.45, 2.75) is 13.8 Å². The summed E-state index contributed by atoms with van der Waals surface area (Å²) >= 11 is 0. The lowest BCUT2D eigenvalue weighted by Gasteiger charge is -2.37. The normalized spacial score (nSPS) is 17.4. The van der Waals surface area contributed by atoms with Gasteiger partial charge in [-0.1, -0.05) is 12.1 Å². The SMILES string of the molecule is Cc1cccc(N2CCN(c3ccc([N+](=O)[O-])c(NCCN4CCOCC4)n3)CC2)c1C. The number of nitrogens with zero attached hydrogens (tertiary/aromatic N) is 5. The van der Waals surface area contributed by atoms with Gasteiger partial charge in [0.15, 0.2) is 0 Å². The fraction of sp³-hybridized carbons (Fsp3) is 0.522. The van der Waals surface area contributed by atoms with E-state index in [2.05, 4.69) is 57.0 Å². The van der Waals surface area contributed by atoms with Gasteiger partial charge in [0.25, 0.3) is 0 Å². The molecule has 0 bridgehead atoms. The minimum atomic E-state index is -0.369. The van der Waals surface area contributed by atoms with Gasteiger partial charge in [-0.25, -0.2) is 4.98 Å². The van der Waals surface area contributed by atoms with Gasteiger partial charge in [0, 0.05) is 64.1 Å². The Bertz CT molecular complexity index is 939. The quantitative estimate of drug-likeness (QED) is 0.520. The average molecular weight is 441 g/mol. The number of anilines is 3. The summed E-state index contributed by atoms with van der Waals surface area (Å²) in [4.78, 5) is 22.7. The molecule has 0 atom stereocenters. The molecule has 172 valence electrons. The number of piperazine rings is 1. The van der Waals surface area contributed by atoms with Gasteiger partial charge in [-0.05, 0) is 37.1 Å². The van der Waals surface area contributed by atoms with Gasteiger partial charge < -0.3 is 19.9 Å². The maximum Gasteiger partial charge on any atom is 0.311 e. The smallest absolute Gasteiger partial charge is 0.311 e. The highest BCUT2D eigenvalue weighted by molar-refractivity contribution is 5.62.